The molecule has 2 heterocycles. The van der Waals surface area contributed by atoms with Gasteiger partial charge in [-0.25, -0.2) is 19.9 Å². The second-order valence-electron chi connectivity index (χ2n) is 4.98. The molecule has 2 atom stereocenters. The van der Waals surface area contributed by atoms with Crippen molar-refractivity contribution in [2.45, 2.75) is 18.6 Å². The van der Waals surface area contributed by atoms with Crippen molar-refractivity contribution in [1.82, 2.24) is 24.4 Å². The van der Waals surface area contributed by atoms with Gasteiger partial charge in [-0.1, -0.05) is 12.2 Å². The normalized spacial score (nSPS) is 22.1. The molecule has 0 saturated carbocycles. The number of hydrogen-bond acceptors (Lipinski definition) is 5. The number of aromatic nitrogens is 4. The molecule has 0 amide bonds. The van der Waals surface area contributed by atoms with Crippen molar-refractivity contribution in [3.8, 4) is 0 Å². The molecule has 0 bridgehead atoms. The largest absolute Gasteiger partial charge is 0.389 e. The van der Waals surface area contributed by atoms with E-state index >= 15 is 0 Å². The summed E-state index contributed by atoms with van der Waals surface area (Å²) < 4.78 is 1.94. The van der Waals surface area contributed by atoms with Gasteiger partial charge < -0.3 is 14.6 Å². The van der Waals surface area contributed by atoms with Crippen molar-refractivity contribution in [3.05, 3.63) is 24.8 Å². The van der Waals surface area contributed by atoms with Gasteiger partial charge in [0.2, 0.25) is 0 Å². The molecule has 1 aliphatic rings. The highest BCUT2D eigenvalue weighted by molar-refractivity contribution is 5.83. The second-order valence-corrected chi connectivity index (χ2v) is 4.98. The number of hydrogen-bond donors (Lipinski definition) is 1. The van der Waals surface area contributed by atoms with Crippen LogP contribution in [0.4, 0.5) is 5.82 Å². The Hall–Kier alpha value is -2.28. The Morgan fingerprint density at radius 1 is 1.35 bits per heavy atom. The fourth-order valence-corrected chi connectivity index (χ4v) is 2.21. The minimum atomic E-state index is -0.398. The van der Waals surface area contributed by atoms with E-state index in [1.54, 1.807) is 18.7 Å². The lowest BCUT2D eigenvalue weighted by Gasteiger charge is -2.10. The smallest absolute Gasteiger partial charge is 0.184 e. The Morgan fingerprint density at radius 3 is 2.90 bits per heavy atom. The van der Waals surface area contributed by atoms with Crippen molar-refractivity contribution >= 4 is 23.3 Å². The molecular formula is C13H16N6O. The van der Waals surface area contributed by atoms with E-state index in [4.69, 9.17) is 0 Å². The number of rotatable bonds is 3. The highest BCUT2D eigenvalue weighted by Gasteiger charge is 2.21. The van der Waals surface area contributed by atoms with Crippen LogP contribution in [0.1, 0.15) is 12.5 Å². The van der Waals surface area contributed by atoms with Crippen LogP contribution in [-0.2, 0) is 0 Å². The third kappa shape index (κ3) is 2.27. The van der Waals surface area contributed by atoms with Gasteiger partial charge in [0.15, 0.2) is 17.0 Å². The van der Waals surface area contributed by atoms with Gasteiger partial charge in [-0.2, -0.15) is 0 Å². The Kier molecular flexibility index (Phi) is 3.19. The number of allylic oxidation sites excluding steroid dienone is 1. The molecular weight excluding hydrogens is 256 g/mol. The van der Waals surface area contributed by atoms with Crippen LogP contribution in [0, 0.1) is 0 Å². The van der Waals surface area contributed by atoms with E-state index in [0.717, 1.165) is 5.65 Å². The third-order valence-electron chi connectivity index (χ3n) is 3.15. The molecule has 0 fully saturated rings. The number of fused-ring (bicyclic) bond motifs is 1. The molecule has 2 aromatic rings. The van der Waals surface area contributed by atoms with E-state index in [2.05, 4.69) is 19.9 Å². The zero-order valence-electron chi connectivity index (χ0n) is 11.4. The van der Waals surface area contributed by atoms with Crippen LogP contribution >= 0.6 is 0 Å². The van der Waals surface area contributed by atoms with E-state index in [1.165, 1.54) is 6.33 Å². The molecule has 2 aromatic heterocycles. The molecule has 20 heavy (non-hydrogen) atoms. The lowest BCUT2D eigenvalue weighted by Crippen LogP contribution is -2.08. The van der Waals surface area contributed by atoms with Gasteiger partial charge in [-0.05, 0) is 0 Å². The lowest BCUT2D eigenvalue weighted by atomic mass is 10.2. The van der Waals surface area contributed by atoms with E-state index < -0.39 is 6.10 Å². The number of aliphatic hydroxyl groups excluding tert-OH is 1. The molecule has 1 aliphatic carbocycles. The molecule has 7 nitrogen and oxygen atoms in total. The van der Waals surface area contributed by atoms with Crippen LogP contribution < -0.4 is 0 Å². The second kappa shape index (κ2) is 5.01. The summed E-state index contributed by atoms with van der Waals surface area (Å²) in [6.07, 6.45) is 8.90. The first-order valence-corrected chi connectivity index (χ1v) is 6.39. The molecule has 0 radical (unpaired) electrons. The summed E-state index contributed by atoms with van der Waals surface area (Å²) in [4.78, 5) is 18.9. The maximum atomic E-state index is 9.59. The predicted octanol–water partition coefficient (Wildman–Crippen LogP) is 0.910. The van der Waals surface area contributed by atoms with Crippen LogP contribution in [0.5, 0.6) is 0 Å². The van der Waals surface area contributed by atoms with Gasteiger partial charge in [0.05, 0.1) is 24.8 Å². The van der Waals surface area contributed by atoms with Gasteiger partial charge >= 0.3 is 0 Å². The summed E-state index contributed by atoms with van der Waals surface area (Å²) in [6, 6.07) is 0.0792. The van der Waals surface area contributed by atoms with E-state index in [-0.39, 0.29) is 6.04 Å². The summed E-state index contributed by atoms with van der Waals surface area (Å²) in [7, 11) is 3.79. The minimum absolute atomic E-state index is 0.0792. The first-order chi connectivity index (χ1) is 9.65. The van der Waals surface area contributed by atoms with Gasteiger partial charge in [-0.3, -0.25) is 0 Å². The van der Waals surface area contributed by atoms with Crippen LogP contribution in [0.3, 0.4) is 0 Å². The van der Waals surface area contributed by atoms with E-state index in [9.17, 15) is 5.11 Å². The van der Waals surface area contributed by atoms with Gasteiger partial charge in [0.25, 0.3) is 0 Å². The van der Waals surface area contributed by atoms with Crippen molar-refractivity contribution < 1.29 is 5.11 Å². The first-order valence-electron chi connectivity index (χ1n) is 6.39. The molecule has 104 valence electrons. The molecule has 1 N–H and O–H groups in total. The van der Waals surface area contributed by atoms with Crippen molar-refractivity contribution in [3.63, 3.8) is 0 Å². The maximum Gasteiger partial charge on any atom is 0.184 e. The average molecular weight is 272 g/mol. The quantitative estimate of drug-likeness (QED) is 0.510. The molecule has 0 spiro atoms. The monoisotopic (exact) mass is 272 g/mol. The van der Waals surface area contributed by atoms with Gasteiger partial charge in [-0.15, -0.1) is 0 Å². The van der Waals surface area contributed by atoms with Crippen LogP contribution in [0.2, 0.25) is 0 Å². The molecule has 0 saturated heterocycles. The molecule has 0 aliphatic heterocycles. The van der Waals surface area contributed by atoms with E-state index in [1.807, 2.05) is 29.6 Å². The van der Waals surface area contributed by atoms with Crippen LogP contribution in [0.25, 0.3) is 11.2 Å². The fourth-order valence-electron chi connectivity index (χ4n) is 2.21. The van der Waals surface area contributed by atoms with Crippen LogP contribution in [0.15, 0.2) is 29.8 Å². The van der Waals surface area contributed by atoms with Crippen molar-refractivity contribution in [1.29, 1.82) is 0 Å². The van der Waals surface area contributed by atoms with Crippen molar-refractivity contribution in [2.24, 2.45) is 4.99 Å². The Labute approximate surface area is 116 Å². The fraction of sp³-hybridized carbons (Fsp3) is 0.385. The summed E-state index contributed by atoms with van der Waals surface area (Å²) in [6.45, 7) is 0. The Morgan fingerprint density at radius 2 is 2.20 bits per heavy atom. The highest BCUT2D eigenvalue weighted by Crippen LogP contribution is 2.28. The number of aliphatic imine (C=N–C) groups is 1. The Bertz CT molecular complexity index is 675. The van der Waals surface area contributed by atoms with Crippen molar-refractivity contribution in [2.75, 3.05) is 14.1 Å². The summed E-state index contributed by atoms with van der Waals surface area (Å²) in [5.74, 6) is 0.546. The number of aliphatic hydroxyl groups is 1. The maximum absolute atomic E-state index is 9.59. The molecule has 3 rings (SSSR count). The third-order valence-corrected chi connectivity index (χ3v) is 3.15. The SMILES string of the molecule is CN(C)/C=N/c1ncnc2c1ncn2[C@H]1C=C[C@@H](O)C1. The molecule has 0 unspecified atom stereocenters. The molecule has 0 aromatic carbocycles. The first kappa shape index (κ1) is 12.7. The van der Waals surface area contributed by atoms with E-state index in [0.29, 0.717) is 17.8 Å². The number of nitrogens with zero attached hydrogens (tertiary/aromatic N) is 6. The zero-order valence-corrected chi connectivity index (χ0v) is 11.4. The minimum Gasteiger partial charge on any atom is -0.389 e. The summed E-state index contributed by atoms with van der Waals surface area (Å²) in [5.41, 5.74) is 1.40. The molecule has 7 heteroatoms. The zero-order chi connectivity index (χ0) is 14.1. The van der Waals surface area contributed by atoms with Crippen LogP contribution in [-0.4, -0.2) is 56.1 Å². The summed E-state index contributed by atoms with van der Waals surface area (Å²) in [5, 5.41) is 9.59. The average Bonchev–Trinajstić information content (AvgIpc) is 3.02. The lowest BCUT2D eigenvalue weighted by molar-refractivity contribution is 0.211. The van der Waals surface area contributed by atoms with Gasteiger partial charge in [0.1, 0.15) is 6.33 Å². The standard InChI is InChI=1S/C13H16N6O/c1-18(2)7-17-12-11-13(15-6-14-12)19(8-16-11)9-3-4-10(20)5-9/h3-4,6-10,20H,5H2,1-2H3/b17-7+/t9-,10+/m0/s1. The Balaban J connectivity index is 2.01. The van der Waals surface area contributed by atoms with Gasteiger partial charge in [0, 0.05) is 20.5 Å². The topological polar surface area (TPSA) is 79.4 Å². The highest BCUT2D eigenvalue weighted by atomic mass is 16.3. The number of imidazole rings is 1. The predicted molar refractivity (Wildman–Crippen MR) is 76.0 cm³/mol. The summed E-state index contributed by atoms with van der Waals surface area (Å²) >= 11 is 0.